The maximum atomic E-state index is 11.6. The summed E-state index contributed by atoms with van der Waals surface area (Å²) in [6, 6.07) is 7.39. The van der Waals surface area contributed by atoms with E-state index in [2.05, 4.69) is 5.32 Å². The lowest BCUT2D eigenvalue weighted by molar-refractivity contribution is -0.126. The van der Waals surface area contributed by atoms with Gasteiger partial charge in [-0.1, -0.05) is 12.1 Å². The Balaban J connectivity index is 2.39. The van der Waals surface area contributed by atoms with Crippen LogP contribution >= 0.6 is 0 Å². The van der Waals surface area contributed by atoms with Gasteiger partial charge >= 0.3 is 0 Å². The number of hydrogen-bond acceptors (Lipinski definition) is 4. The van der Waals surface area contributed by atoms with Crippen LogP contribution in [0.1, 0.15) is 5.56 Å². The van der Waals surface area contributed by atoms with Gasteiger partial charge < -0.3 is 19.5 Å². The molecule has 0 aliphatic rings. The lowest BCUT2D eigenvalue weighted by Crippen LogP contribution is -2.34. The third kappa shape index (κ3) is 4.73. The third-order valence-electron chi connectivity index (χ3n) is 2.52. The van der Waals surface area contributed by atoms with Gasteiger partial charge in [0.1, 0.15) is 5.75 Å². The Hall–Kier alpha value is -1.59. The van der Waals surface area contributed by atoms with Gasteiger partial charge in [0.15, 0.2) is 6.29 Å². The van der Waals surface area contributed by atoms with Crippen molar-refractivity contribution in [3.63, 3.8) is 0 Å². The number of ether oxygens (including phenoxy) is 3. The molecule has 0 fully saturated rings. The van der Waals surface area contributed by atoms with Crippen molar-refractivity contribution in [2.75, 3.05) is 27.9 Å². The average Bonchev–Trinajstić information content (AvgIpc) is 2.41. The van der Waals surface area contributed by atoms with Crippen molar-refractivity contribution in [3.8, 4) is 5.75 Å². The van der Waals surface area contributed by atoms with E-state index in [0.717, 1.165) is 11.3 Å². The molecule has 0 atom stereocenters. The monoisotopic (exact) mass is 253 g/mol. The van der Waals surface area contributed by atoms with Gasteiger partial charge in [0.2, 0.25) is 5.91 Å². The van der Waals surface area contributed by atoms with Crippen LogP contribution in [-0.4, -0.2) is 40.1 Å². The van der Waals surface area contributed by atoms with Gasteiger partial charge in [-0.15, -0.1) is 0 Å². The Kier molecular flexibility index (Phi) is 6.18. The zero-order valence-electron chi connectivity index (χ0n) is 10.9. The summed E-state index contributed by atoms with van der Waals surface area (Å²) in [6.45, 7) is 0.335. The normalized spacial score (nSPS) is 10.4. The Morgan fingerprint density at radius 2 is 1.78 bits per heavy atom. The summed E-state index contributed by atoms with van der Waals surface area (Å²) in [6.07, 6.45) is -0.0887. The fraction of sp³-hybridized carbons (Fsp3) is 0.462. The van der Waals surface area contributed by atoms with E-state index in [4.69, 9.17) is 14.2 Å². The van der Waals surface area contributed by atoms with Crippen molar-refractivity contribution in [2.24, 2.45) is 0 Å². The SMILES string of the molecule is COc1ccc(CC(=O)NCC(OC)OC)cc1. The second-order valence-electron chi connectivity index (χ2n) is 3.73. The Morgan fingerprint density at radius 3 is 2.28 bits per heavy atom. The van der Waals surface area contributed by atoms with E-state index in [9.17, 15) is 4.79 Å². The lowest BCUT2D eigenvalue weighted by Gasteiger charge is -2.14. The fourth-order valence-corrected chi connectivity index (χ4v) is 1.45. The molecule has 18 heavy (non-hydrogen) atoms. The number of methoxy groups -OCH3 is 3. The summed E-state index contributed by atoms with van der Waals surface area (Å²) in [7, 11) is 4.67. The van der Waals surface area contributed by atoms with Gasteiger partial charge in [-0.2, -0.15) is 0 Å². The molecule has 0 aromatic heterocycles. The van der Waals surface area contributed by atoms with Gasteiger partial charge in [0.25, 0.3) is 0 Å². The highest BCUT2D eigenvalue weighted by atomic mass is 16.7. The van der Waals surface area contributed by atoms with Gasteiger partial charge in [-0.25, -0.2) is 0 Å². The summed E-state index contributed by atoms with van der Waals surface area (Å²) in [4.78, 5) is 11.6. The quantitative estimate of drug-likeness (QED) is 0.736. The van der Waals surface area contributed by atoms with Crippen LogP contribution in [0.5, 0.6) is 5.75 Å². The zero-order valence-corrected chi connectivity index (χ0v) is 10.9. The highest BCUT2D eigenvalue weighted by Crippen LogP contribution is 2.11. The highest BCUT2D eigenvalue weighted by molar-refractivity contribution is 5.78. The first-order valence-electron chi connectivity index (χ1n) is 5.64. The zero-order chi connectivity index (χ0) is 13.4. The number of amides is 1. The minimum atomic E-state index is -0.412. The number of benzene rings is 1. The molecule has 0 aliphatic carbocycles. The van der Waals surface area contributed by atoms with Gasteiger partial charge in [-0.3, -0.25) is 4.79 Å². The summed E-state index contributed by atoms with van der Waals surface area (Å²) in [5.74, 6) is 0.706. The second kappa shape index (κ2) is 7.68. The number of carbonyl (C=O) groups is 1. The predicted molar refractivity (Wildman–Crippen MR) is 67.5 cm³/mol. The smallest absolute Gasteiger partial charge is 0.224 e. The van der Waals surface area contributed by atoms with E-state index in [1.807, 2.05) is 24.3 Å². The molecule has 1 aromatic rings. The molecule has 0 heterocycles. The van der Waals surface area contributed by atoms with Crippen LogP contribution in [0.4, 0.5) is 0 Å². The maximum Gasteiger partial charge on any atom is 0.224 e. The van der Waals surface area contributed by atoms with E-state index in [1.54, 1.807) is 7.11 Å². The molecule has 0 saturated heterocycles. The van der Waals surface area contributed by atoms with Crippen molar-refractivity contribution in [2.45, 2.75) is 12.7 Å². The molecular weight excluding hydrogens is 234 g/mol. The summed E-state index contributed by atoms with van der Waals surface area (Å²) >= 11 is 0. The Morgan fingerprint density at radius 1 is 1.17 bits per heavy atom. The van der Waals surface area contributed by atoms with Crippen LogP contribution in [0.3, 0.4) is 0 Å². The molecule has 1 amide bonds. The predicted octanol–water partition coefficient (Wildman–Crippen LogP) is 0.973. The van der Waals surface area contributed by atoms with Gasteiger partial charge in [-0.05, 0) is 17.7 Å². The van der Waals surface area contributed by atoms with E-state index in [0.29, 0.717) is 13.0 Å². The van der Waals surface area contributed by atoms with E-state index < -0.39 is 6.29 Å². The molecule has 5 nitrogen and oxygen atoms in total. The van der Waals surface area contributed by atoms with E-state index in [1.165, 1.54) is 14.2 Å². The Labute approximate surface area is 107 Å². The number of hydrogen-bond donors (Lipinski definition) is 1. The molecule has 100 valence electrons. The summed E-state index contributed by atoms with van der Waals surface area (Å²) < 4.78 is 15.0. The minimum Gasteiger partial charge on any atom is -0.497 e. The highest BCUT2D eigenvalue weighted by Gasteiger charge is 2.08. The van der Waals surface area contributed by atoms with Crippen molar-refractivity contribution < 1.29 is 19.0 Å². The maximum absolute atomic E-state index is 11.6. The first-order chi connectivity index (χ1) is 8.69. The van der Waals surface area contributed by atoms with Crippen LogP contribution in [0.25, 0.3) is 0 Å². The van der Waals surface area contributed by atoms with Crippen LogP contribution in [-0.2, 0) is 20.7 Å². The molecule has 0 spiro atoms. The molecule has 0 saturated carbocycles. The van der Waals surface area contributed by atoms with Crippen LogP contribution < -0.4 is 10.1 Å². The van der Waals surface area contributed by atoms with Crippen LogP contribution in [0.2, 0.25) is 0 Å². The van der Waals surface area contributed by atoms with Crippen LogP contribution in [0.15, 0.2) is 24.3 Å². The van der Waals surface area contributed by atoms with E-state index in [-0.39, 0.29) is 5.91 Å². The molecule has 0 radical (unpaired) electrons. The first-order valence-corrected chi connectivity index (χ1v) is 5.64. The van der Waals surface area contributed by atoms with E-state index >= 15 is 0 Å². The largest absolute Gasteiger partial charge is 0.497 e. The van der Waals surface area contributed by atoms with Crippen molar-refractivity contribution in [1.82, 2.24) is 5.32 Å². The van der Waals surface area contributed by atoms with Crippen molar-refractivity contribution in [1.29, 1.82) is 0 Å². The average molecular weight is 253 g/mol. The van der Waals surface area contributed by atoms with Crippen LogP contribution in [0, 0.1) is 0 Å². The van der Waals surface area contributed by atoms with Gasteiger partial charge in [0.05, 0.1) is 20.1 Å². The van der Waals surface area contributed by atoms with Gasteiger partial charge in [0, 0.05) is 14.2 Å². The third-order valence-corrected chi connectivity index (χ3v) is 2.52. The molecule has 1 N–H and O–H groups in total. The first kappa shape index (κ1) is 14.5. The second-order valence-corrected chi connectivity index (χ2v) is 3.73. The standard InChI is InChI=1S/C13H19NO4/c1-16-11-6-4-10(5-7-11)8-12(15)14-9-13(17-2)18-3/h4-7,13H,8-9H2,1-3H3,(H,14,15). The number of rotatable bonds is 7. The fourth-order valence-electron chi connectivity index (χ4n) is 1.45. The van der Waals surface area contributed by atoms with Crippen molar-refractivity contribution in [3.05, 3.63) is 29.8 Å². The molecule has 0 aliphatic heterocycles. The summed E-state index contributed by atoms with van der Waals surface area (Å²) in [5.41, 5.74) is 0.930. The topological polar surface area (TPSA) is 56.8 Å². The van der Waals surface area contributed by atoms with Crippen molar-refractivity contribution >= 4 is 5.91 Å². The molecule has 5 heteroatoms. The Bertz CT molecular complexity index is 360. The number of carbonyl (C=O) groups excluding carboxylic acids is 1. The minimum absolute atomic E-state index is 0.0701. The molecular formula is C13H19NO4. The summed E-state index contributed by atoms with van der Waals surface area (Å²) in [5, 5.41) is 2.74. The molecule has 0 unspecified atom stereocenters. The molecule has 0 bridgehead atoms. The lowest BCUT2D eigenvalue weighted by atomic mass is 10.1. The molecule has 1 rings (SSSR count). The number of nitrogens with one attached hydrogen (secondary N) is 1. The molecule has 1 aromatic carbocycles.